The zero-order valence-electron chi connectivity index (χ0n) is 13.2. The molecule has 0 N–H and O–H groups in total. The van der Waals surface area contributed by atoms with Crippen LogP contribution in [0.15, 0.2) is 36.4 Å². The molecule has 1 fully saturated rings. The zero-order chi connectivity index (χ0) is 18.1. The molecule has 6 nitrogen and oxygen atoms in total. The van der Waals surface area contributed by atoms with Crippen molar-refractivity contribution in [3.8, 4) is 5.75 Å². The van der Waals surface area contributed by atoms with Gasteiger partial charge in [0, 0.05) is 42.6 Å². The third kappa shape index (κ3) is 3.02. The molecule has 130 valence electrons. The number of rotatable bonds is 4. The van der Waals surface area contributed by atoms with Crippen LogP contribution in [0.25, 0.3) is 0 Å². The number of carbonyl (C=O) groups excluding carboxylic acids is 1. The number of hydrogen-bond donors (Lipinski definition) is 0. The van der Waals surface area contributed by atoms with E-state index in [1.165, 1.54) is 30.2 Å². The van der Waals surface area contributed by atoms with Gasteiger partial charge in [-0.05, 0) is 6.07 Å². The Balaban J connectivity index is 1.96. The Labute approximate surface area is 141 Å². The Hall–Kier alpha value is -3.03. The maximum absolute atomic E-state index is 14.3. The standard InChI is InChI=1S/C17H14F2N2O4/c1-25-11-7-12(18)17(13(19)8-11)10-6-16(22)20(9-10)14-4-2-3-5-15(14)21(23)24/h2-5,7-8,10H,6,9H2,1H3. The highest BCUT2D eigenvalue weighted by molar-refractivity contribution is 5.98. The normalized spacial score (nSPS) is 17.0. The summed E-state index contributed by atoms with van der Waals surface area (Å²) in [5, 5.41) is 11.1. The maximum atomic E-state index is 14.3. The first-order valence-corrected chi connectivity index (χ1v) is 7.49. The summed E-state index contributed by atoms with van der Waals surface area (Å²) in [5.41, 5.74) is -0.322. The molecule has 0 saturated carbocycles. The molecule has 2 aromatic rings. The van der Waals surface area contributed by atoms with Crippen LogP contribution in [0.2, 0.25) is 0 Å². The second-order valence-corrected chi connectivity index (χ2v) is 5.66. The molecule has 0 spiro atoms. The van der Waals surface area contributed by atoms with Gasteiger partial charge in [-0.3, -0.25) is 14.9 Å². The molecule has 0 bridgehead atoms. The molecule has 0 aromatic heterocycles. The van der Waals surface area contributed by atoms with Crippen molar-refractivity contribution in [3.05, 3.63) is 63.7 Å². The summed E-state index contributed by atoms with van der Waals surface area (Å²) >= 11 is 0. The van der Waals surface area contributed by atoms with Gasteiger partial charge >= 0.3 is 0 Å². The second kappa shape index (κ2) is 6.46. The Morgan fingerprint density at radius 3 is 2.48 bits per heavy atom. The number of halogens is 2. The minimum absolute atomic E-state index is 0.0378. The monoisotopic (exact) mass is 348 g/mol. The Kier molecular flexibility index (Phi) is 4.35. The van der Waals surface area contributed by atoms with Crippen LogP contribution in [0.5, 0.6) is 5.75 Å². The van der Waals surface area contributed by atoms with Crippen molar-refractivity contribution in [1.29, 1.82) is 0 Å². The summed E-state index contributed by atoms with van der Waals surface area (Å²) in [5.74, 6) is -2.73. The molecular weight excluding hydrogens is 334 g/mol. The van der Waals surface area contributed by atoms with E-state index in [1.54, 1.807) is 6.07 Å². The minimum atomic E-state index is -0.806. The summed E-state index contributed by atoms with van der Waals surface area (Å²) < 4.78 is 33.3. The minimum Gasteiger partial charge on any atom is -0.497 e. The number of ether oxygens (including phenoxy) is 1. The van der Waals surface area contributed by atoms with E-state index in [1.807, 2.05) is 0 Å². The average Bonchev–Trinajstić information content (AvgIpc) is 2.95. The summed E-state index contributed by atoms with van der Waals surface area (Å²) in [6.07, 6.45) is -0.133. The van der Waals surface area contributed by atoms with Crippen LogP contribution < -0.4 is 9.64 Å². The molecule has 1 atom stereocenters. The third-order valence-corrected chi connectivity index (χ3v) is 4.19. The predicted octanol–water partition coefficient (Wildman–Crippen LogP) is 3.40. The number of amides is 1. The summed E-state index contributed by atoms with van der Waals surface area (Å²) in [7, 11) is 1.29. The quantitative estimate of drug-likeness (QED) is 0.627. The molecule has 2 aromatic carbocycles. The van der Waals surface area contributed by atoms with Gasteiger partial charge in [0.2, 0.25) is 5.91 Å². The maximum Gasteiger partial charge on any atom is 0.292 e. The van der Waals surface area contributed by atoms with E-state index < -0.39 is 28.4 Å². The first-order valence-electron chi connectivity index (χ1n) is 7.49. The molecule has 1 aliphatic heterocycles. The lowest BCUT2D eigenvalue weighted by atomic mass is 9.97. The van der Waals surface area contributed by atoms with Crippen LogP contribution >= 0.6 is 0 Å². The van der Waals surface area contributed by atoms with Crippen LogP contribution in [0, 0.1) is 21.7 Å². The molecule has 25 heavy (non-hydrogen) atoms. The second-order valence-electron chi connectivity index (χ2n) is 5.66. The fourth-order valence-corrected chi connectivity index (χ4v) is 3.05. The predicted molar refractivity (Wildman–Crippen MR) is 85.7 cm³/mol. The number of para-hydroxylation sites is 2. The van der Waals surface area contributed by atoms with Crippen molar-refractivity contribution in [2.45, 2.75) is 12.3 Å². The SMILES string of the molecule is COc1cc(F)c(C2CC(=O)N(c3ccccc3[N+](=O)[O-])C2)c(F)c1. The number of nitro benzene ring substituents is 1. The van der Waals surface area contributed by atoms with Crippen molar-refractivity contribution in [1.82, 2.24) is 0 Å². The zero-order valence-corrected chi connectivity index (χ0v) is 13.2. The smallest absolute Gasteiger partial charge is 0.292 e. The number of hydrogen-bond acceptors (Lipinski definition) is 4. The van der Waals surface area contributed by atoms with Crippen molar-refractivity contribution in [2.75, 3.05) is 18.6 Å². The number of methoxy groups -OCH3 is 1. The number of anilines is 1. The van der Waals surface area contributed by atoms with E-state index in [2.05, 4.69) is 0 Å². The van der Waals surface area contributed by atoms with E-state index in [9.17, 15) is 23.7 Å². The number of benzene rings is 2. The lowest BCUT2D eigenvalue weighted by molar-refractivity contribution is -0.384. The molecule has 1 saturated heterocycles. The summed E-state index contributed by atoms with van der Waals surface area (Å²) in [6, 6.07) is 7.89. The van der Waals surface area contributed by atoms with Crippen LogP contribution in [-0.4, -0.2) is 24.5 Å². The van der Waals surface area contributed by atoms with Gasteiger partial charge in [0.25, 0.3) is 5.69 Å². The highest BCUT2D eigenvalue weighted by Crippen LogP contribution is 2.38. The fraction of sp³-hybridized carbons (Fsp3) is 0.235. The molecule has 1 aliphatic rings. The van der Waals surface area contributed by atoms with Crippen LogP contribution in [0.1, 0.15) is 17.9 Å². The highest BCUT2D eigenvalue weighted by atomic mass is 19.1. The van der Waals surface area contributed by atoms with E-state index in [0.717, 1.165) is 12.1 Å². The number of nitrogens with zero attached hydrogens (tertiary/aromatic N) is 2. The summed E-state index contributed by atoms with van der Waals surface area (Å²) in [6.45, 7) is -0.0378. The van der Waals surface area contributed by atoms with Gasteiger partial charge in [0.05, 0.1) is 12.0 Å². The molecular formula is C17H14F2N2O4. The van der Waals surface area contributed by atoms with E-state index >= 15 is 0 Å². The lowest BCUT2D eigenvalue weighted by Gasteiger charge is -2.17. The van der Waals surface area contributed by atoms with E-state index in [-0.39, 0.29) is 35.7 Å². The topological polar surface area (TPSA) is 72.7 Å². The van der Waals surface area contributed by atoms with Crippen molar-refractivity contribution in [3.63, 3.8) is 0 Å². The molecule has 1 heterocycles. The van der Waals surface area contributed by atoms with Crippen molar-refractivity contribution in [2.24, 2.45) is 0 Å². The van der Waals surface area contributed by atoms with Gasteiger partial charge in [-0.15, -0.1) is 0 Å². The average molecular weight is 348 g/mol. The fourth-order valence-electron chi connectivity index (χ4n) is 3.05. The first kappa shape index (κ1) is 16.8. The van der Waals surface area contributed by atoms with Gasteiger partial charge in [-0.1, -0.05) is 12.1 Å². The Morgan fingerprint density at radius 2 is 1.88 bits per heavy atom. The van der Waals surface area contributed by atoms with E-state index in [0.29, 0.717) is 0 Å². The number of carbonyl (C=O) groups is 1. The Morgan fingerprint density at radius 1 is 1.24 bits per heavy atom. The van der Waals surface area contributed by atoms with Gasteiger partial charge in [-0.2, -0.15) is 0 Å². The highest BCUT2D eigenvalue weighted by Gasteiger charge is 2.37. The lowest BCUT2D eigenvalue weighted by Crippen LogP contribution is -2.25. The van der Waals surface area contributed by atoms with Gasteiger partial charge in [0.1, 0.15) is 23.1 Å². The van der Waals surface area contributed by atoms with Crippen molar-refractivity contribution >= 4 is 17.3 Å². The summed E-state index contributed by atoms with van der Waals surface area (Å²) in [4.78, 5) is 24.1. The van der Waals surface area contributed by atoms with Crippen LogP contribution in [-0.2, 0) is 4.79 Å². The molecule has 8 heteroatoms. The van der Waals surface area contributed by atoms with Gasteiger partial charge < -0.3 is 9.64 Å². The third-order valence-electron chi connectivity index (χ3n) is 4.19. The first-order chi connectivity index (χ1) is 11.9. The van der Waals surface area contributed by atoms with Crippen molar-refractivity contribution < 1.29 is 23.2 Å². The molecule has 1 amide bonds. The van der Waals surface area contributed by atoms with Crippen LogP contribution in [0.3, 0.4) is 0 Å². The number of nitro groups is 1. The molecule has 1 unspecified atom stereocenters. The molecule has 0 aliphatic carbocycles. The van der Waals surface area contributed by atoms with Gasteiger partial charge in [0.15, 0.2) is 0 Å². The van der Waals surface area contributed by atoms with E-state index in [4.69, 9.17) is 4.74 Å². The Bertz CT molecular complexity index is 833. The molecule has 0 radical (unpaired) electrons. The molecule has 3 rings (SSSR count). The van der Waals surface area contributed by atoms with Gasteiger partial charge in [-0.25, -0.2) is 8.78 Å². The largest absolute Gasteiger partial charge is 0.497 e. The van der Waals surface area contributed by atoms with Crippen LogP contribution in [0.4, 0.5) is 20.2 Å².